The van der Waals surface area contributed by atoms with Crippen molar-refractivity contribution in [2.24, 2.45) is 0 Å². The summed E-state index contributed by atoms with van der Waals surface area (Å²) in [5.41, 5.74) is 1.44. The van der Waals surface area contributed by atoms with E-state index in [1.54, 1.807) is 5.38 Å². The third-order valence-electron chi connectivity index (χ3n) is 3.21. The standard InChI is InChI=1S/C16H15F3N2O3S/c17-16(18,19)8-12(15(23)24)21-13(22)7-11-9-25-14(20-11)6-10-4-2-1-3-5-10/h1-5,9,12H,6-8H2,(H,21,22)(H,23,24). The molecule has 0 aliphatic carbocycles. The number of carboxylic acid groups (broad SMARTS) is 1. The minimum absolute atomic E-state index is 0.271. The van der Waals surface area contributed by atoms with Crippen LogP contribution in [0.15, 0.2) is 35.7 Å². The zero-order valence-corrected chi connectivity index (χ0v) is 13.7. The number of carboxylic acids is 1. The van der Waals surface area contributed by atoms with Gasteiger partial charge in [0, 0.05) is 11.8 Å². The second-order valence-electron chi connectivity index (χ2n) is 5.35. The molecule has 0 bridgehead atoms. The van der Waals surface area contributed by atoms with Crippen molar-refractivity contribution >= 4 is 23.2 Å². The lowest BCUT2D eigenvalue weighted by Gasteiger charge is -2.15. The average Bonchev–Trinajstić information content (AvgIpc) is 2.93. The van der Waals surface area contributed by atoms with Gasteiger partial charge >= 0.3 is 12.1 Å². The van der Waals surface area contributed by atoms with E-state index in [2.05, 4.69) is 4.98 Å². The van der Waals surface area contributed by atoms with Crippen molar-refractivity contribution < 1.29 is 27.9 Å². The van der Waals surface area contributed by atoms with Gasteiger partial charge in [-0.15, -0.1) is 11.3 Å². The second kappa shape index (κ2) is 8.11. The number of carbonyl (C=O) groups excluding carboxylic acids is 1. The van der Waals surface area contributed by atoms with Crippen molar-refractivity contribution in [3.63, 3.8) is 0 Å². The van der Waals surface area contributed by atoms with E-state index in [4.69, 9.17) is 5.11 Å². The van der Waals surface area contributed by atoms with Gasteiger partial charge in [0.2, 0.25) is 5.91 Å². The Kier molecular flexibility index (Phi) is 6.13. The Morgan fingerprint density at radius 3 is 2.52 bits per heavy atom. The van der Waals surface area contributed by atoms with E-state index >= 15 is 0 Å². The summed E-state index contributed by atoms with van der Waals surface area (Å²) in [5, 5.41) is 13.1. The lowest BCUT2D eigenvalue weighted by molar-refractivity contribution is -0.159. The van der Waals surface area contributed by atoms with E-state index in [1.165, 1.54) is 11.3 Å². The number of nitrogens with one attached hydrogen (secondary N) is 1. The summed E-state index contributed by atoms with van der Waals surface area (Å²) in [7, 11) is 0. The summed E-state index contributed by atoms with van der Waals surface area (Å²) in [6.45, 7) is 0. The van der Waals surface area contributed by atoms with Gasteiger partial charge in [-0.2, -0.15) is 13.2 Å². The number of nitrogens with zero attached hydrogens (tertiary/aromatic N) is 1. The molecule has 1 unspecified atom stereocenters. The van der Waals surface area contributed by atoms with E-state index in [1.807, 2.05) is 35.6 Å². The molecule has 2 aromatic rings. The van der Waals surface area contributed by atoms with Crippen molar-refractivity contribution in [3.05, 3.63) is 52.0 Å². The molecule has 0 fully saturated rings. The molecule has 9 heteroatoms. The number of halogens is 3. The Bertz CT molecular complexity index is 732. The molecule has 0 saturated heterocycles. The number of aliphatic carboxylic acids is 1. The SMILES string of the molecule is O=C(Cc1csc(Cc2ccccc2)n1)NC(CC(F)(F)F)C(=O)O. The number of hydrogen-bond donors (Lipinski definition) is 2. The van der Waals surface area contributed by atoms with Crippen LogP contribution in [0.2, 0.25) is 0 Å². The molecule has 1 aromatic heterocycles. The van der Waals surface area contributed by atoms with Crippen LogP contribution in [0.4, 0.5) is 13.2 Å². The first kappa shape index (κ1) is 18.9. The minimum atomic E-state index is -4.68. The fraction of sp³-hybridized carbons (Fsp3) is 0.312. The highest BCUT2D eigenvalue weighted by Gasteiger charge is 2.36. The van der Waals surface area contributed by atoms with Crippen LogP contribution in [0.1, 0.15) is 22.7 Å². The van der Waals surface area contributed by atoms with Gasteiger partial charge in [0.05, 0.1) is 23.5 Å². The normalized spacial score (nSPS) is 12.6. The molecule has 134 valence electrons. The zero-order chi connectivity index (χ0) is 18.4. The second-order valence-corrected chi connectivity index (χ2v) is 6.29. The molecule has 1 aromatic carbocycles. The molecule has 0 spiro atoms. The molecule has 1 amide bonds. The number of benzene rings is 1. The summed E-state index contributed by atoms with van der Waals surface area (Å²) in [6.07, 6.45) is -5.99. The van der Waals surface area contributed by atoms with E-state index in [-0.39, 0.29) is 6.42 Å². The summed E-state index contributed by atoms with van der Waals surface area (Å²) in [6, 6.07) is 7.54. The van der Waals surface area contributed by atoms with Gasteiger partial charge in [0.15, 0.2) is 0 Å². The number of thiazole rings is 1. The van der Waals surface area contributed by atoms with Gasteiger partial charge in [0.1, 0.15) is 6.04 Å². The zero-order valence-electron chi connectivity index (χ0n) is 12.9. The van der Waals surface area contributed by atoms with E-state index in [0.29, 0.717) is 12.1 Å². The molecule has 5 nitrogen and oxygen atoms in total. The molecule has 2 rings (SSSR count). The molecule has 0 radical (unpaired) electrons. The average molecular weight is 372 g/mol. The lowest BCUT2D eigenvalue weighted by atomic mass is 10.2. The molecular formula is C16H15F3N2O3S. The molecule has 1 atom stereocenters. The third-order valence-corrected chi connectivity index (χ3v) is 4.11. The number of rotatable bonds is 7. The van der Waals surface area contributed by atoms with E-state index in [9.17, 15) is 22.8 Å². The lowest BCUT2D eigenvalue weighted by Crippen LogP contribution is -2.44. The Labute approximate surface area is 145 Å². The molecule has 0 aliphatic rings. The van der Waals surface area contributed by atoms with Crippen LogP contribution in [0.5, 0.6) is 0 Å². The first-order valence-electron chi connectivity index (χ1n) is 7.29. The summed E-state index contributed by atoms with van der Waals surface area (Å²) < 4.78 is 37.0. The summed E-state index contributed by atoms with van der Waals surface area (Å²) >= 11 is 1.33. The number of carbonyl (C=O) groups is 2. The van der Waals surface area contributed by atoms with E-state index < -0.39 is 30.5 Å². The van der Waals surface area contributed by atoms with Gasteiger partial charge in [-0.05, 0) is 5.56 Å². The highest BCUT2D eigenvalue weighted by Crippen LogP contribution is 2.22. The predicted molar refractivity (Wildman–Crippen MR) is 85.3 cm³/mol. The van der Waals surface area contributed by atoms with Gasteiger partial charge in [-0.25, -0.2) is 9.78 Å². The Balaban J connectivity index is 1.93. The smallest absolute Gasteiger partial charge is 0.391 e. The maximum Gasteiger partial charge on any atom is 0.391 e. The Morgan fingerprint density at radius 2 is 1.92 bits per heavy atom. The fourth-order valence-electron chi connectivity index (χ4n) is 2.12. The molecule has 0 saturated carbocycles. The summed E-state index contributed by atoms with van der Waals surface area (Å²) in [5.74, 6) is -2.54. The van der Waals surface area contributed by atoms with Gasteiger partial charge in [-0.3, -0.25) is 4.79 Å². The molecule has 1 heterocycles. The number of alkyl halides is 3. The number of amides is 1. The minimum Gasteiger partial charge on any atom is -0.480 e. The van der Waals surface area contributed by atoms with Crippen LogP contribution in [0.25, 0.3) is 0 Å². The van der Waals surface area contributed by atoms with Crippen molar-refractivity contribution in [3.8, 4) is 0 Å². The van der Waals surface area contributed by atoms with Crippen molar-refractivity contribution in [1.82, 2.24) is 10.3 Å². The fourth-order valence-corrected chi connectivity index (χ4v) is 2.95. The molecule has 25 heavy (non-hydrogen) atoms. The monoisotopic (exact) mass is 372 g/mol. The van der Waals surface area contributed by atoms with Crippen LogP contribution in [0, 0.1) is 0 Å². The first-order valence-corrected chi connectivity index (χ1v) is 8.17. The maximum absolute atomic E-state index is 12.3. The van der Waals surface area contributed by atoms with E-state index in [0.717, 1.165) is 10.6 Å². The highest BCUT2D eigenvalue weighted by molar-refractivity contribution is 7.09. The molecule has 2 N–H and O–H groups in total. The summed E-state index contributed by atoms with van der Waals surface area (Å²) in [4.78, 5) is 26.9. The van der Waals surface area contributed by atoms with Crippen LogP contribution < -0.4 is 5.32 Å². The van der Waals surface area contributed by atoms with Crippen molar-refractivity contribution in [2.75, 3.05) is 0 Å². The van der Waals surface area contributed by atoms with Gasteiger partial charge in [-0.1, -0.05) is 30.3 Å². The predicted octanol–water partition coefficient (Wildman–Crippen LogP) is 2.80. The molecule has 0 aliphatic heterocycles. The highest BCUT2D eigenvalue weighted by atomic mass is 32.1. The molecular weight excluding hydrogens is 357 g/mol. The first-order chi connectivity index (χ1) is 11.7. The maximum atomic E-state index is 12.3. The Hall–Kier alpha value is -2.42. The van der Waals surface area contributed by atoms with Crippen LogP contribution in [0.3, 0.4) is 0 Å². The van der Waals surface area contributed by atoms with Crippen molar-refractivity contribution in [1.29, 1.82) is 0 Å². The Morgan fingerprint density at radius 1 is 1.24 bits per heavy atom. The van der Waals surface area contributed by atoms with Gasteiger partial charge in [0.25, 0.3) is 0 Å². The van der Waals surface area contributed by atoms with Crippen LogP contribution in [-0.4, -0.2) is 34.2 Å². The topological polar surface area (TPSA) is 79.3 Å². The third kappa shape index (κ3) is 6.54. The number of aromatic nitrogens is 1. The van der Waals surface area contributed by atoms with Gasteiger partial charge < -0.3 is 10.4 Å². The quantitative estimate of drug-likeness (QED) is 0.783. The van der Waals surface area contributed by atoms with Crippen molar-refractivity contribution in [2.45, 2.75) is 31.5 Å². The van der Waals surface area contributed by atoms with Crippen LogP contribution >= 0.6 is 11.3 Å². The largest absolute Gasteiger partial charge is 0.480 e. The van der Waals surface area contributed by atoms with Crippen LogP contribution in [-0.2, 0) is 22.4 Å². The number of hydrogen-bond acceptors (Lipinski definition) is 4.